The zero-order chi connectivity index (χ0) is 12.6. The van der Waals surface area contributed by atoms with Gasteiger partial charge in [0.1, 0.15) is 0 Å². The van der Waals surface area contributed by atoms with Crippen molar-refractivity contribution in [3.63, 3.8) is 0 Å². The molecule has 0 radical (unpaired) electrons. The van der Waals surface area contributed by atoms with E-state index in [1.807, 2.05) is 19.1 Å². The number of aryl methyl sites for hydroxylation is 1. The van der Waals surface area contributed by atoms with Crippen LogP contribution in [0.3, 0.4) is 0 Å². The van der Waals surface area contributed by atoms with Gasteiger partial charge in [-0.2, -0.15) is 0 Å². The van der Waals surface area contributed by atoms with E-state index < -0.39 is 0 Å². The number of rotatable bonds is 2. The molecule has 0 fully saturated rings. The van der Waals surface area contributed by atoms with Crippen LogP contribution in [0.15, 0.2) is 24.3 Å². The molecule has 3 nitrogen and oxygen atoms in total. The van der Waals surface area contributed by atoms with Gasteiger partial charge in [-0.3, -0.25) is 4.79 Å². The van der Waals surface area contributed by atoms with Crippen LogP contribution in [0, 0.1) is 6.92 Å². The molecule has 0 aliphatic rings. The number of hydrogen-bond donors (Lipinski definition) is 2. The second-order valence-electron chi connectivity index (χ2n) is 4.12. The maximum Gasteiger partial charge on any atom is 0.169 e. The van der Waals surface area contributed by atoms with E-state index in [0.717, 1.165) is 10.9 Å². The Hall–Kier alpha value is -2.03. The summed E-state index contributed by atoms with van der Waals surface area (Å²) in [5, 5.41) is 21.0. The van der Waals surface area contributed by atoms with Crippen LogP contribution in [0.2, 0.25) is 0 Å². The van der Waals surface area contributed by atoms with Crippen molar-refractivity contribution >= 4 is 16.6 Å². The largest absolute Gasteiger partial charge is 0.504 e. The van der Waals surface area contributed by atoms with Crippen LogP contribution in [0.1, 0.15) is 29.3 Å². The summed E-state index contributed by atoms with van der Waals surface area (Å²) >= 11 is 0. The molecule has 0 unspecified atom stereocenters. The topological polar surface area (TPSA) is 57.5 Å². The lowest BCUT2D eigenvalue weighted by molar-refractivity contribution is 0.0985. The Morgan fingerprint density at radius 2 is 1.88 bits per heavy atom. The monoisotopic (exact) mass is 230 g/mol. The van der Waals surface area contributed by atoms with E-state index in [1.54, 1.807) is 19.1 Å². The number of hydrogen-bond acceptors (Lipinski definition) is 3. The van der Waals surface area contributed by atoms with Gasteiger partial charge in [0.05, 0.1) is 5.56 Å². The number of phenolic OH excluding ortho intramolecular Hbond substituents is 2. The van der Waals surface area contributed by atoms with Crippen molar-refractivity contribution in [3.8, 4) is 11.5 Å². The second-order valence-corrected chi connectivity index (χ2v) is 4.12. The van der Waals surface area contributed by atoms with Crippen molar-refractivity contribution in [2.24, 2.45) is 0 Å². The maximum absolute atomic E-state index is 11.6. The first kappa shape index (κ1) is 11.5. The summed E-state index contributed by atoms with van der Waals surface area (Å²) in [5.41, 5.74) is 1.22. The van der Waals surface area contributed by atoms with Crippen molar-refractivity contribution in [3.05, 3.63) is 35.4 Å². The van der Waals surface area contributed by atoms with Gasteiger partial charge in [0.25, 0.3) is 0 Å². The quantitative estimate of drug-likeness (QED) is 0.615. The number of aromatic hydroxyl groups is 2. The van der Waals surface area contributed by atoms with Crippen LogP contribution in [-0.2, 0) is 0 Å². The fourth-order valence-electron chi connectivity index (χ4n) is 1.90. The standard InChI is InChI=1S/C14H14O3/c1-3-12(15)11-7-9-6-8(2)4-5-10(9)13(16)14(11)17/h4-7,16-17H,3H2,1-2H3. The molecule has 0 bridgehead atoms. The molecular formula is C14H14O3. The Morgan fingerprint density at radius 3 is 2.53 bits per heavy atom. The average Bonchev–Trinajstić information content (AvgIpc) is 2.32. The summed E-state index contributed by atoms with van der Waals surface area (Å²) < 4.78 is 0. The first-order valence-electron chi connectivity index (χ1n) is 5.53. The van der Waals surface area contributed by atoms with Gasteiger partial charge in [-0.25, -0.2) is 0 Å². The molecule has 0 aliphatic heterocycles. The van der Waals surface area contributed by atoms with Gasteiger partial charge in [0.2, 0.25) is 0 Å². The Kier molecular flexibility index (Phi) is 2.76. The van der Waals surface area contributed by atoms with Gasteiger partial charge >= 0.3 is 0 Å². The summed E-state index contributed by atoms with van der Waals surface area (Å²) in [5.74, 6) is -0.728. The molecule has 2 N–H and O–H groups in total. The Balaban J connectivity index is 2.80. The minimum Gasteiger partial charge on any atom is -0.504 e. The number of benzene rings is 2. The van der Waals surface area contributed by atoms with Gasteiger partial charge in [-0.05, 0) is 18.4 Å². The summed E-state index contributed by atoms with van der Waals surface area (Å²) in [4.78, 5) is 11.6. The molecule has 0 aliphatic carbocycles. The Morgan fingerprint density at radius 1 is 1.18 bits per heavy atom. The number of Topliss-reactive ketones (excluding diaryl/α,β-unsaturated/α-hetero) is 1. The highest BCUT2D eigenvalue weighted by atomic mass is 16.3. The van der Waals surface area contributed by atoms with Gasteiger partial charge < -0.3 is 10.2 Å². The predicted octanol–water partition coefficient (Wildman–Crippen LogP) is 3.15. The molecule has 0 amide bonds. The van der Waals surface area contributed by atoms with Crippen LogP contribution in [0.5, 0.6) is 11.5 Å². The van der Waals surface area contributed by atoms with Crippen LogP contribution in [0.4, 0.5) is 0 Å². The fraction of sp³-hybridized carbons (Fsp3) is 0.214. The van der Waals surface area contributed by atoms with Crippen LogP contribution < -0.4 is 0 Å². The number of ketones is 1. The van der Waals surface area contributed by atoms with Crippen molar-refractivity contribution in [1.29, 1.82) is 0 Å². The van der Waals surface area contributed by atoms with Gasteiger partial charge in [-0.15, -0.1) is 0 Å². The molecule has 0 saturated carbocycles. The third-order valence-corrected chi connectivity index (χ3v) is 2.86. The van der Waals surface area contributed by atoms with Crippen molar-refractivity contribution in [1.82, 2.24) is 0 Å². The summed E-state index contributed by atoms with van der Waals surface area (Å²) in [7, 11) is 0. The van der Waals surface area contributed by atoms with E-state index in [9.17, 15) is 15.0 Å². The first-order chi connectivity index (χ1) is 8.04. The molecule has 88 valence electrons. The van der Waals surface area contributed by atoms with Gasteiger partial charge in [0, 0.05) is 11.8 Å². The lowest BCUT2D eigenvalue weighted by Gasteiger charge is -2.09. The highest BCUT2D eigenvalue weighted by Gasteiger charge is 2.16. The van der Waals surface area contributed by atoms with Crippen LogP contribution >= 0.6 is 0 Å². The molecule has 17 heavy (non-hydrogen) atoms. The van der Waals surface area contributed by atoms with Crippen LogP contribution in [0.25, 0.3) is 10.8 Å². The summed E-state index contributed by atoms with van der Waals surface area (Å²) in [6.45, 7) is 3.66. The van der Waals surface area contributed by atoms with Crippen molar-refractivity contribution in [2.45, 2.75) is 20.3 Å². The SMILES string of the molecule is CCC(=O)c1cc2cc(C)ccc2c(O)c1O. The minimum absolute atomic E-state index is 0.179. The molecule has 0 saturated heterocycles. The van der Waals surface area contributed by atoms with Crippen molar-refractivity contribution < 1.29 is 15.0 Å². The average molecular weight is 230 g/mol. The highest BCUT2D eigenvalue weighted by Crippen LogP contribution is 2.37. The predicted molar refractivity (Wildman–Crippen MR) is 66.6 cm³/mol. The third-order valence-electron chi connectivity index (χ3n) is 2.86. The van der Waals surface area contributed by atoms with E-state index in [4.69, 9.17) is 0 Å². The molecule has 3 heteroatoms. The number of carbonyl (C=O) groups is 1. The number of fused-ring (bicyclic) bond motifs is 1. The molecule has 2 aromatic carbocycles. The van der Waals surface area contributed by atoms with E-state index in [0.29, 0.717) is 11.8 Å². The lowest BCUT2D eigenvalue weighted by Crippen LogP contribution is -1.97. The van der Waals surface area contributed by atoms with E-state index in [1.165, 1.54) is 0 Å². The first-order valence-corrected chi connectivity index (χ1v) is 5.53. The Labute approximate surface area is 99.3 Å². The smallest absolute Gasteiger partial charge is 0.169 e. The third kappa shape index (κ3) is 1.84. The zero-order valence-corrected chi connectivity index (χ0v) is 9.82. The fourth-order valence-corrected chi connectivity index (χ4v) is 1.90. The molecule has 0 spiro atoms. The molecular weight excluding hydrogens is 216 g/mol. The highest BCUT2D eigenvalue weighted by molar-refractivity contribution is 6.05. The van der Waals surface area contributed by atoms with E-state index in [2.05, 4.69) is 0 Å². The van der Waals surface area contributed by atoms with Crippen molar-refractivity contribution in [2.75, 3.05) is 0 Å². The summed E-state index contributed by atoms with van der Waals surface area (Å²) in [6, 6.07) is 7.09. The molecule has 2 rings (SSSR count). The molecule has 2 aromatic rings. The minimum atomic E-state index is -0.326. The van der Waals surface area contributed by atoms with Crippen LogP contribution in [-0.4, -0.2) is 16.0 Å². The molecule has 0 heterocycles. The van der Waals surface area contributed by atoms with E-state index in [-0.39, 0.29) is 22.8 Å². The second kappa shape index (κ2) is 4.09. The molecule has 0 aromatic heterocycles. The van der Waals surface area contributed by atoms with Gasteiger partial charge in [0.15, 0.2) is 17.3 Å². The number of carbonyl (C=O) groups excluding carboxylic acids is 1. The Bertz CT molecular complexity index is 600. The lowest BCUT2D eigenvalue weighted by atomic mass is 9.99. The van der Waals surface area contributed by atoms with Gasteiger partial charge in [-0.1, -0.05) is 30.7 Å². The normalized spacial score (nSPS) is 10.7. The molecule has 0 atom stereocenters. The number of phenols is 2. The summed E-state index contributed by atoms with van der Waals surface area (Å²) in [6.07, 6.45) is 0.296. The van der Waals surface area contributed by atoms with E-state index >= 15 is 0 Å². The maximum atomic E-state index is 11.6. The zero-order valence-electron chi connectivity index (χ0n) is 9.82.